The van der Waals surface area contributed by atoms with Crippen LogP contribution in [0.5, 0.6) is 0 Å². The van der Waals surface area contributed by atoms with Gasteiger partial charge in [0.05, 0.1) is 4.90 Å². The maximum Gasteiger partial charge on any atom is 0.557 e. The molecule has 83 valence electrons. The van der Waals surface area contributed by atoms with Gasteiger partial charge in [0.1, 0.15) is 0 Å². The van der Waals surface area contributed by atoms with Crippen molar-refractivity contribution >= 4 is 17.5 Å². The highest BCUT2D eigenvalue weighted by Crippen LogP contribution is 2.05. The van der Waals surface area contributed by atoms with Gasteiger partial charge in [0.15, 0.2) is 9.84 Å². The lowest BCUT2D eigenvalue weighted by atomic mass is 10.4. The minimum atomic E-state index is -3.00. The summed E-state index contributed by atoms with van der Waals surface area (Å²) in [5.74, 6) is 0. The summed E-state index contributed by atoms with van der Waals surface area (Å²) in [6.45, 7) is 0. The number of hydrogen-bond acceptors (Lipinski definition) is 6. The molecule has 1 rings (SSSR count). The van der Waals surface area contributed by atoms with E-state index in [0.717, 1.165) is 0 Å². The highest BCUT2D eigenvalue weighted by Gasteiger charge is 2.02. The molecule has 2 N–H and O–H groups in total. The van der Waals surface area contributed by atoms with Crippen LogP contribution in [0.1, 0.15) is 0 Å². The Morgan fingerprint density at radius 1 is 1.13 bits per heavy atom. The molecule has 0 aliphatic carbocycles. The topological polar surface area (TPSA) is 93.1 Å². The Labute approximate surface area is 88.2 Å². The number of benzene rings is 1. The largest absolute Gasteiger partial charge is 0.557 e. The van der Waals surface area contributed by atoms with E-state index in [1.54, 1.807) is 30.3 Å². The van der Waals surface area contributed by atoms with Crippen LogP contribution in [0.2, 0.25) is 0 Å². The van der Waals surface area contributed by atoms with E-state index in [0.29, 0.717) is 12.6 Å². The molecular weight excluding hydrogens is 223 g/mol. The van der Waals surface area contributed by atoms with E-state index in [1.807, 2.05) is 0 Å². The lowest BCUT2D eigenvalue weighted by Gasteiger charge is -1.93. The third-order valence-corrected chi connectivity index (χ3v) is 2.39. The van der Waals surface area contributed by atoms with Gasteiger partial charge in [-0.2, -0.15) is 0 Å². The summed E-state index contributed by atoms with van der Waals surface area (Å²) in [4.78, 5) is 6.56. The van der Waals surface area contributed by atoms with Crippen LogP contribution in [-0.4, -0.2) is 32.9 Å². The van der Waals surface area contributed by atoms with Crippen LogP contribution >= 0.6 is 0 Å². The van der Waals surface area contributed by atoms with Gasteiger partial charge in [0.25, 0.3) is 0 Å². The van der Waals surface area contributed by atoms with Gasteiger partial charge in [-0.05, 0) is 12.1 Å². The SMILES string of the molecule is CS(=O)(=O)c1ccccc1.OO[B]OO. The molecule has 0 amide bonds. The monoisotopic (exact) mass is 233 g/mol. The highest BCUT2D eigenvalue weighted by molar-refractivity contribution is 7.90. The number of sulfone groups is 1. The third-order valence-electron chi connectivity index (χ3n) is 1.26. The molecule has 0 heterocycles. The van der Waals surface area contributed by atoms with Crippen LogP contribution in [0.15, 0.2) is 35.2 Å². The molecule has 1 radical (unpaired) electrons. The molecule has 0 saturated heterocycles. The second kappa shape index (κ2) is 7.38. The summed E-state index contributed by atoms with van der Waals surface area (Å²) in [5.41, 5.74) is 0. The van der Waals surface area contributed by atoms with Crippen LogP contribution in [-0.2, 0) is 19.4 Å². The van der Waals surface area contributed by atoms with Gasteiger partial charge < -0.3 is 0 Å². The highest BCUT2D eigenvalue weighted by atomic mass is 32.2. The molecule has 0 bridgehead atoms. The molecule has 0 aliphatic rings. The predicted octanol–water partition coefficient (Wildman–Crippen LogP) is 0.590. The Balaban J connectivity index is 0.000000336. The molecule has 0 fully saturated rings. The van der Waals surface area contributed by atoms with Gasteiger partial charge in [-0.15, -0.1) is 0 Å². The standard InChI is InChI=1S/C7H8O2S.BH2O4/c1-10(8,9)7-5-3-2-4-6-7;2-4-1-5-3/h2-6H,1H3;2-3H. The van der Waals surface area contributed by atoms with Crippen molar-refractivity contribution < 1.29 is 28.5 Å². The maximum absolute atomic E-state index is 10.8. The lowest BCUT2D eigenvalue weighted by Crippen LogP contribution is -1.95. The molecular formula is C7H10BO6S. The average molecular weight is 233 g/mol. The quantitative estimate of drug-likeness (QED) is 0.450. The van der Waals surface area contributed by atoms with Gasteiger partial charge in [-0.3, -0.25) is 20.1 Å². The molecule has 0 spiro atoms. The van der Waals surface area contributed by atoms with E-state index in [4.69, 9.17) is 10.5 Å². The van der Waals surface area contributed by atoms with Crippen LogP contribution in [0.4, 0.5) is 0 Å². The fourth-order valence-electron chi connectivity index (χ4n) is 0.687. The Morgan fingerprint density at radius 3 is 1.80 bits per heavy atom. The summed E-state index contributed by atoms with van der Waals surface area (Å²) in [7, 11) is -2.64. The molecule has 15 heavy (non-hydrogen) atoms. The molecule has 1 aromatic carbocycles. The summed E-state index contributed by atoms with van der Waals surface area (Å²) >= 11 is 0. The van der Waals surface area contributed by atoms with Gasteiger partial charge in [0.2, 0.25) is 0 Å². The zero-order chi connectivity index (χ0) is 11.7. The Bertz CT molecular complexity index is 349. The van der Waals surface area contributed by atoms with E-state index in [2.05, 4.69) is 9.61 Å². The van der Waals surface area contributed by atoms with E-state index in [9.17, 15) is 8.42 Å². The molecule has 6 nitrogen and oxygen atoms in total. The fraction of sp³-hybridized carbons (Fsp3) is 0.143. The van der Waals surface area contributed by atoms with Crippen molar-refractivity contribution in [2.24, 2.45) is 0 Å². The Kier molecular flexibility index (Phi) is 6.92. The van der Waals surface area contributed by atoms with Crippen molar-refractivity contribution in [2.45, 2.75) is 4.90 Å². The molecule has 0 aromatic heterocycles. The molecule has 1 aromatic rings. The van der Waals surface area contributed by atoms with Crippen molar-refractivity contribution in [3.63, 3.8) is 0 Å². The minimum Gasteiger partial charge on any atom is -0.266 e. The lowest BCUT2D eigenvalue weighted by molar-refractivity contribution is -0.214. The first-order chi connectivity index (χ1) is 7.02. The summed E-state index contributed by atoms with van der Waals surface area (Å²) in [6, 6.07) is 8.35. The van der Waals surface area contributed by atoms with Crippen LogP contribution < -0.4 is 0 Å². The first kappa shape index (κ1) is 14.1. The van der Waals surface area contributed by atoms with E-state index >= 15 is 0 Å². The zero-order valence-electron chi connectivity index (χ0n) is 7.90. The first-order valence-electron chi connectivity index (χ1n) is 3.69. The summed E-state index contributed by atoms with van der Waals surface area (Å²) in [6.07, 6.45) is 1.20. The van der Waals surface area contributed by atoms with Gasteiger partial charge >= 0.3 is 7.69 Å². The van der Waals surface area contributed by atoms with Crippen molar-refractivity contribution in [1.82, 2.24) is 0 Å². The van der Waals surface area contributed by atoms with Crippen molar-refractivity contribution in [2.75, 3.05) is 6.26 Å². The van der Waals surface area contributed by atoms with E-state index in [-0.39, 0.29) is 0 Å². The molecule has 0 atom stereocenters. The smallest absolute Gasteiger partial charge is 0.266 e. The number of hydrogen-bond donors (Lipinski definition) is 2. The minimum absolute atomic E-state index is 0.361. The van der Waals surface area contributed by atoms with Crippen molar-refractivity contribution in [3.05, 3.63) is 30.3 Å². The normalized spacial score (nSPS) is 10.1. The van der Waals surface area contributed by atoms with E-state index < -0.39 is 9.84 Å². The Hall–Kier alpha value is -0.925. The fourth-order valence-corrected chi connectivity index (χ4v) is 1.34. The third kappa shape index (κ3) is 7.06. The van der Waals surface area contributed by atoms with E-state index in [1.165, 1.54) is 6.26 Å². The molecule has 0 aliphatic heterocycles. The first-order valence-corrected chi connectivity index (χ1v) is 5.58. The van der Waals surface area contributed by atoms with Gasteiger partial charge in [-0.25, -0.2) is 8.42 Å². The summed E-state index contributed by atoms with van der Waals surface area (Å²) < 4.78 is 21.7. The second-order valence-corrected chi connectivity index (χ2v) is 4.41. The zero-order valence-corrected chi connectivity index (χ0v) is 8.72. The van der Waals surface area contributed by atoms with Crippen molar-refractivity contribution in [1.29, 1.82) is 0 Å². The number of rotatable bonds is 3. The molecule has 0 saturated carbocycles. The maximum atomic E-state index is 10.8. The summed E-state index contributed by atoms with van der Waals surface area (Å²) in [5, 5.41) is 14.5. The van der Waals surface area contributed by atoms with Gasteiger partial charge in [0, 0.05) is 6.26 Å². The van der Waals surface area contributed by atoms with Crippen LogP contribution in [0.25, 0.3) is 0 Å². The predicted molar refractivity (Wildman–Crippen MR) is 52.7 cm³/mol. The van der Waals surface area contributed by atoms with Crippen molar-refractivity contribution in [3.8, 4) is 0 Å². The Morgan fingerprint density at radius 2 is 1.60 bits per heavy atom. The molecule has 8 heteroatoms. The second-order valence-electron chi connectivity index (χ2n) is 2.39. The van der Waals surface area contributed by atoms with Gasteiger partial charge in [-0.1, -0.05) is 18.2 Å². The molecule has 0 unspecified atom stereocenters. The average Bonchev–Trinajstić information content (AvgIpc) is 2.20. The van der Waals surface area contributed by atoms with Crippen LogP contribution in [0.3, 0.4) is 0 Å². The van der Waals surface area contributed by atoms with Crippen LogP contribution in [0, 0.1) is 0 Å².